The van der Waals surface area contributed by atoms with Crippen molar-refractivity contribution in [3.63, 3.8) is 0 Å². The molecule has 0 saturated carbocycles. The average Bonchev–Trinajstić information content (AvgIpc) is 3.00. The minimum Gasteiger partial charge on any atom is -0.235 e. The quantitative estimate of drug-likeness (QED) is 0.399. The number of hydrogen-bond donors (Lipinski definition) is 0. The first-order chi connectivity index (χ1) is 11.4. The van der Waals surface area contributed by atoms with Gasteiger partial charge in [0, 0.05) is 21.8 Å². The zero-order valence-electron chi connectivity index (χ0n) is 12.2. The van der Waals surface area contributed by atoms with Crippen LogP contribution in [0, 0.1) is 0 Å². The third-order valence-corrected chi connectivity index (χ3v) is 5.21. The van der Waals surface area contributed by atoms with E-state index in [1.165, 1.54) is 20.9 Å². The Morgan fingerprint density at radius 1 is 0.739 bits per heavy atom. The van der Waals surface area contributed by atoms with Gasteiger partial charge in [0.25, 0.3) is 0 Å². The predicted molar refractivity (Wildman–Crippen MR) is 97.9 cm³/mol. The van der Waals surface area contributed by atoms with Crippen molar-refractivity contribution < 1.29 is 0 Å². The first-order valence-electron chi connectivity index (χ1n) is 7.52. The number of benzene rings is 3. The minimum atomic E-state index is 0.783. The maximum absolute atomic E-state index is 4.88. The Bertz CT molecular complexity index is 1160. The molecule has 0 aliphatic carbocycles. The van der Waals surface area contributed by atoms with Crippen LogP contribution in [0.15, 0.2) is 72.9 Å². The van der Waals surface area contributed by atoms with E-state index in [0.29, 0.717) is 0 Å². The molecule has 0 saturated heterocycles. The fourth-order valence-electron chi connectivity index (χ4n) is 3.05. The monoisotopic (exact) mass is 312 g/mol. The zero-order chi connectivity index (χ0) is 15.2. The van der Waals surface area contributed by atoms with Gasteiger partial charge < -0.3 is 0 Å². The molecule has 3 heteroatoms. The zero-order valence-corrected chi connectivity index (χ0v) is 13.0. The molecule has 0 unspecified atom stereocenters. The van der Waals surface area contributed by atoms with Crippen LogP contribution in [0.2, 0.25) is 0 Å². The van der Waals surface area contributed by atoms with Crippen molar-refractivity contribution in [2.75, 3.05) is 0 Å². The highest BCUT2D eigenvalue weighted by Gasteiger charge is 2.11. The first-order valence-corrected chi connectivity index (χ1v) is 8.34. The van der Waals surface area contributed by atoms with Gasteiger partial charge in [0.2, 0.25) is 0 Å². The van der Waals surface area contributed by atoms with Gasteiger partial charge >= 0.3 is 0 Å². The highest BCUT2D eigenvalue weighted by Crippen LogP contribution is 2.37. The van der Waals surface area contributed by atoms with Gasteiger partial charge in [-0.3, -0.25) is 0 Å². The molecule has 108 valence electrons. The van der Waals surface area contributed by atoms with Crippen LogP contribution in [-0.4, -0.2) is 9.97 Å². The second-order valence-corrected chi connectivity index (χ2v) is 6.62. The number of fused-ring (bicyclic) bond motifs is 5. The molecular weight excluding hydrogens is 300 g/mol. The molecule has 0 spiro atoms. The van der Waals surface area contributed by atoms with E-state index >= 15 is 0 Å². The lowest BCUT2D eigenvalue weighted by Gasteiger charge is -2.02. The highest BCUT2D eigenvalue weighted by atomic mass is 32.1. The summed E-state index contributed by atoms with van der Waals surface area (Å²) >= 11 is 1.76. The number of nitrogens with zero attached hydrogens (tertiary/aromatic N) is 2. The third kappa shape index (κ3) is 1.94. The molecule has 0 amide bonds. The summed E-state index contributed by atoms with van der Waals surface area (Å²) in [5.41, 5.74) is 2.10. The molecule has 2 heterocycles. The van der Waals surface area contributed by atoms with E-state index in [4.69, 9.17) is 4.98 Å². The SMILES string of the molecule is c1ccc(-c2ncc3sc4ccc5ccccc5c4c3n2)cc1. The molecule has 0 radical (unpaired) electrons. The van der Waals surface area contributed by atoms with Crippen molar-refractivity contribution in [1.82, 2.24) is 9.97 Å². The largest absolute Gasteiger partial charge is 0.235 e. The van der Waals surface area contributed by atoms with Crippen molar-refractivity contribution in [2.24, 2.45) is 0 Å². The lowest BCUT2D eigenvalue weighted by atomic mass is 10.1. The average molecular weight is 312 g/mol. The van der Waals surface area contributed by atoms with Crippen molar-refractivity contribution >= 4 is 42.4 Å². The second kappa shape index (κ2) is 4.86. The lowest BCUT2D eigenvalue weighted by Crippen LogP contribution is -1.87. The summed E-state index contributed by atoms with van der Waals surface area (Å²) in [5.74, 6) is 0.783. The Hall–Kier alpha value is -2.78. The molecular formula is C20H12N2S. The minimum absolute atomic E-state index is 0.783. The fraction of sp³-hybridized carbons (Fsp3) is 0. The van der Waals surface area contributed by atoms with Gasteiger partial charge in [-0.2, -0.15) is 0 Å². The maximum atomic E-state index is 4.88. The predicted octanol–water partition coefficient (Wildman–Crippen LogP) is 5.66. The van der Waals surface area contributed by atoms with Crippen molar-refractivity contribution in [2.45, 2.75) is 0 Å². The van der Waals surface area contributed by atoms with E-state index in [1.54, 1.807) is 11.3 Å². The molecule has 5 rings (SSSR count). The summed E-state index contributed by atoms with van der Waals surface area (Å²) in [4.78, 5) is 9.43. The van der Waals surface area contributed by atoms with E-state index < -0.39 is 0 Å². The van der Waals surface area contributed by atoms with Crippen LogP contribution >= 0.6 is 11.3 Å². The molecule has 0 fully saturated rings. The van der Waals surface area contributed by atoms with Gasteiger partial charge in [0.05, 0.1) is 10.2 Å². The lowest BCUT2D eigenvalue weighted by molar-refractivity contribution is 1.24. The summed E-state index contributed by atoms with van der Waals surface area (Å²) in [7, 11) is 0. The van der Waals surface area contributed by atoms with Gasteiger partial charge in [-0.05, 0) is 16.8 Å². The smallest absolute Gasteiger partial charge is 0.159 e. The molecule has 5 aromatic rings. The van der Waals surface area contributed by atoms with Crippen molar-refractivity contribution in [3.8, 4) is 11.4 Å². The van der Waals surface area contributed by atoms with Crippen molar-refractivity contribution in [3.05, 3.63) is 72.9 Å². The van der Waals surface area contributed by atoms with E-state index in [9.17, 15) is 0 Å². The third-order valence-electron chi connectivity index (χ3n) is 4.13. The first kappa shape index (κ1) is 12.7. The van der Waals surface area contributed by atoms with Crippen LogP contribution in [0.1, 0.15) is 0 Å². The van der Waals surface area contributed by atoms with E-state index in [0.717, 1.165) is 21.6 Å². The van der Waals surface area contributed by atoms with Gasteiger partial charge in [0.15, 0.2) is 5.82 Å². The molecule has 2 nitrogen and oxygen atoms in total. The number of aromatic nitrogens is 2. The summed E-state index contributed by atoms with van der Waals surface area (Å²) in [6.45, 7) is 0. The Morgan fingerprint density at radius 2 is 1.57 bits per heavy atom. The van der Waals surface area contributed by atoms with Crippen LogP contribution in [0.3, 0.4) is 0 Å². The topological polar surface area (TPSA) is 25.8 Å². The van der Waals surface area contributed by atoms with Crippen LogP contribution < -0.4 is 0 Å². The highest BCUT2D eigenvalue weighted by molar-refractivity contribution is 7.25. The molecule has 0 aliphatic rings. The molecule has 0 aliphatic heterocycles. The summed E-state index contributed by atoms with van der Waals surface area (Å²) in [6, 6.07) is 23.0. The Labute approximate surface area is 137 Å². The van der Waals surface area contributed by atoms with E-state index in [-0.39, 0.29) is 0 Å². The number of thiophene rings is 1. The van der Waals surface area contributed by atoms with Crippen molar-refractivity contribution in [1.29, 1.82) is 0 Å². The normalized spacial score (nSPS) is 11.5. The molecule has 0 atom stereocenters. The van der Waals surface area contributed by atoms with E-state index in [1.807, 2.05) is 36.5 Å². The van der Waals surface area contributed by atoms with Crippen LogP contribution in [0.4, 0.5) is 0 Å². The van der Waals surface area contributed by atoms with Gasteiger partial charge in [-0.1, -0.05) is 60.7 Å². The summed E-state index contributed by atoms with van der Waals surface area (Å²) < 4.78 is 2.40. The summed E-state index contributed by atoms with van der Waals surface area (Å²) in [5, 5.41) is 3.75. The van der Waals surface area contributed by atoms with E-state index in [2.05, 4.69) is 41.4 Å². The Balaban J connectivity index is 1.91. The van der Waals surface area contributed by atoms with Gasteiger partial charge in [-0.25, -0.2) is 9.97 Å². The Kier molecular flexibility index (Phi) is 2.69. The molecule has 0 N–H and O–H groups in total. The van der Waals surface area contributed by atoms with Gasteiger partial charge in [0.1, 0.15) is 0 Å². The maximum Gasteiger partial charge on any atom is 0.159 e. The fourth-order valence-corrected chi connectivity index (χ4v) is 4.08. The van der Waals surface area contributed by atoms with Gasteiger partial charge in [-0.15, -0.1) is 11.3 Å². The summed E-state index contributed by atoms with van der Waals surface area (Å²) in [6.07, 6.45) is 1.95. The second-order valence-electron chi connectivity index (χ2n) is 5.53. The standard InChI is InChI=1S/C20H12N2S/c1-2-7-14(8-3-1)20-21-12-17-19(22-20)18-15-9-5-4-6-13(15)10-11-16(18)23-17/h1-12H. The Morgan fingerprint density at radius 3 is 2.48 bits per heavy atom. The molecule has 23 heavy (non-hydrogen) atoms. The molecule has 3 aromatic carbocycles. The number of hydrogen-bond acceptors (Lipinski definition) is 3. The van der Waals surface area contributed by atoms with Crippen LogP contribution in [-0.2, 0) is 0 Å². The van der Waals surface area contributed by atoms with Crippen LogP contribution in [0.5, 0.6) is 0 Å². The molecule has 0 bridgehead atoms. The molecule has 2 aromatic heterocycles. The van der Waals surface area contributed by atoms with Crippen LogP contribution in [0.25, 0.3) is 42.5 Å². The number of rotatable bonds is 1.